The molecule has 0 fully saturated rings. The minimum atomic E-state index is -0.768. The summed E-state index contributed by atoms with van der Waals surface area (Å²) in [6, 6.07) is 27.0. The molecular weight excluding hydrogens is 350 g/mol. The minimum absolute atomic E-state index is 0.295. The summed E-state index contributed by atoms with van der Waals surface area (Å²) in [5, 5.41) is 19.7. The van der Waals surface area contributed by atoms with Crippen LogP contribution >= 0.6 is 0 Å². The summed E-state index contributed by atoms with van der Waals surface area (Å²) >= 11 is 0. The molecule has 28 heavy (non-hydrogen) atoms. The van der Waals surface area contributed by atoms with Gasteiger partial charge in [-0.2, -0.15) is 0 Å². The average molecular weight is 369 g/mol. The lowest BCUT2D eigenvalue weighted by Gasteiger charge is -2.20. The number of amides is 1. The molecule has 1 amide bonds. The zero-order valence-electron chi connectivity index (χ0n) is 15.1. The Balaban J connectivity index is 1.70. The number of hydrogen-bond donors (Lipinski definition) is 1. The smallest absolute Gasteiger partial charge is 0.252 e. The molecule has 0 unspecified atom stereocenters. The molecule has 0 spiro atoms. The second-order valence-electron chi connectivity index (χ2n) is 6.53. The third-order valence-corrected chi connectivity index (χ3v) is 4.63. The fraction of sp³-hybridized carbons (Fsp3) is 0.0870. The molecule has 3 aromatic carbocycles. The maximum absolute atomic E-state index is 12.7. The van der Waals surface area contributed by atoms with E-state index in [1.165, 1.54) is 0 Å². The Kier molecular flexibility index (Phi) is 4.97. The van der Waals surface area contributed by atoms with Gasteiger partial charge in [0, 0.05) is 16.7 Å². The summed E-state index contributed by atoms with van der Waals surface area (Å²) in [6.45, 7) is 0. The molecule has 4 rings (SSSR count). The third kappa shape index (κ3) is 3.69. The second-order valence-corrected chi connectivity index (χ2v) is 6.53. The van der Waals surface area contributed by atoms with Crippen molar-refractivity contribution in [3.63, 3.8) is 0 Å². The average Bonchev–Trinajstić information content (AvgIpc) is 3.04. The summed E-state index contributed by atoms with van der Waals surface area (Å²) < 4.78 is 1.64. The van der Waals surface area contributed by atoms with Crippen molar-refractivity contribution in [2.24, 2.45) is 5.10 Å². The van der Waals surface area contributed by atoms with Gasteiger partial charge in [0.2, 0.25) is 12.3 Å². The fourth-order valence-electron chi connectivity index (χ4n) is 3.28. The van der Waals surface area contributed by atoms with E-state index in [4.69, 9.17) is 0 Å². The highest BCUT2D eigenvalue weighted by Crippen LogP contribution is 2.26. The van der Waals surface area contributed by atoms with Crippen LogP contribution in [0.25, 0.3) is 0 Å². The first-order valence-electron chi connectivity index (χ1n) is 9.07. The molecule has 0 radical (unpaired) electrons. The number of nitrogens with zero attached hydrogens (tertiary/aromatic N) is 2. The fourth-order valence-corrected chi connectivity index (χ4v) is 3.28. The van der Waals surface area contributed by atoms with E-state index in [1.54, 1.807) is 28.9 Å². The standard InChI is InChI=1S/C23H19N3O2/c27-22(19-14-8-3-9-15-19)24-20-21(18-12-6-2-7-13-18)26(25-23(20)28)16-17-10-4-1-5-11-17/h1-16,20-21H,(H-,24,25,27,28)/b26-16-/t20-,21-/m0/s1. The highest BCUT2D eigenvalue weighted by molar-refractivity contribution is 5.97. The van der Waals surface area contributed by atoms with Crippen molar-refractivity contribution in [3.8, 4) is 0 Å². The van der Waals surface area contributed by atoms with Crippen molar-refractivity contribution in [2.75, 3.05) is 0 Å². The molecule has 5 heteroatoms. The summed E-state index contributed by atoms with van der Waals surface area (Å²) in [7, 11) is 0. The van der Waals surface area contributed by atoms with Gasteiger partial charge < -0.3 is 10.4 Å². The Hall–Kier alpha value is -3.73. The SMILES string of the molecule is O=C(N[C@@H]1C([O-])=N/[N+](=C\c2ccccc2)[C@H]1c1ccccc1)c1ccccc1. The Morgan fingerprint density at radius 3 is 2.11 bits per heavy atom. The van der Waals surface area contributed by atoms with Gasteiger partial charge in [-0.05, 0) is 29.4 Å². The van der Waals surface area contributed by atoms with E-state index in [0.717, 1.165) is 11.1 Å². The van der Waals surface area contributed by atoms with Gasteiger partial charge in [-0.25, -0.2) is 0 Å². The maximum atomic E-state index is 12.7. The van der Waals surface area contributed by atoms with Crippen molar-refractivity contribution in [1.29, 1.82) is 0 Å². The quantitative estimate of drug-likeness (QED) is 0.718. The molecule has 1 aliphatic heterocycles. The van der Waals surface area contributed by atoms with Gasteiger partial charge in [0.1, 0.15) is 6.04 Å². The van der Waals surface area contributed by atoms with Crippen LogP contribution in [-0.2, 0) is 0 Å². The first-order chi connectivity index (χ1) is 13.7. The number of rotatable bonds is 4. The number of carbonyl (C=O) groups excluding carboxylic acids is 1. The van der Waals surface area contributed by atoms with Gasteiger partial charge in [-0.3, -0.25) is 4.79 Å². The van der Waals surface area contributed by atoms with E-state index in [-0.39, 0.29) is 11.8 Å². The first kappa shape index (κ1) is 17.7. The van der Waals surface area contributed by atoms with Crippen molar-refractivity contribution in [1.82, 2.24) is 5.32 Å². The Morgan fingerprint density at radius 1 is 0.893 bits per heavy atom. The second kappa shape index (κ2) is 7.88. The van der Waals surface area contributed by atoms with Crippen LogP contribution in [0.15, 0.2) is 96.1 Å². The molecule has 0 aromatic heterocycles. The minimum Gasteiger partial charge on any atom is -0.856 e. The molecule has 0 aliphatic carbocycles. The van der Waals surface area contributed by atoms with Gasteiger partial charge in [0.15, 0.2) is 0 Å². The van der Waals surface area contributed by atoms with Gasteiger partial charge in [-0.15, -0.1) is 0 Å². The lowest BCUT2D eigenvalue weighted by molar-refractivity contribution is -0.565. The van der Waals surface area contributed by atoms with Crippen LogP contribution in [0, 0.1) is 0 Å². The topological polar surface area (TPSA) is 67.5 Å². The summed E-state index contributed by atoms with van der Waals surface area (Å²) in [6.07, 6.45) is 1.82. The maximum Gasteiger partial charge on any atom is 0.252 e. The van der Waals surface area contributed by atoms with E-state index in [1.807, 2.05) is 72.9 Å². The number of hydrazone groups is 1. The molecule has 0 saturated carbocycles. The number of hydrogen-bond acceptors (Lipinski definition) is 3. The molecule has 1 N–H and O–H groups in total. The predicted octanol–water partition coefficient (Wildman–Crippen LogP) is 2.35. The van der Waals surface area contributed by atoms with Crippen LogP contribution in [0.3, 0.4) is 0 Å². The van der Waals surface area contributed by atoms with Crippen LogP contribution < -0.4 is 10.4 Å². The Bertz CT molecular complexity index is 1020. The third-order valence-electron chi connectivity index (χ3n) is 4.63. The van der Waals surface area contributed by atoms with Crippen LogP contribution in [0.4, 0.5) is 0 Å². The Labute approximate surface area is 163 Å². The van der Waals surface area contributed by atoms with E-state index >= 15 is 0 Å². The molecule has 2 atom stereocenters. The molecule has 0 saturated heterocycles. The van der Waals surface area contributed by atoms with Gasteiger partial charge in [-0.1, -0.05) is 71.4 Å². The van der Waals surface area contributed by atoms with Crippen LogP contribution in [0.1, 0.15) is 27.5 Å². The zero-order chi connectivity index (χ0) is 19.3. The normalized spacial score (nSPS) is 20.0. The number of carbonyl (C=O) groups is 1. The van der Waals surface area contributed by atoms with Crippen molar-refractivity contribution in [3.05, 3.63) is 108 Å². The Morgan fingerprint density at radius 2 is 1.46 bits per heavy atom. The van der Waals surface area contributed by atoms with Crippen molar-refractivity contribution in [2.45, 2.75) is 12.1 Å². The molecule has 0 bridgehead atoms. The van der Waals surface area contributed by atoms with Crippen molar-refractivity contribution < 1.29 is 14.6 Å². The van der Waals surface area contributed by atoms with E-state index < -0.39 is 12.1 Å². The number of benzene rings is 3. The summed E-state index contributed by atoms with van der Waals surface area (Å²) in [4.78, 5) is 12.7. The molecule has 3 aromatic rings. The van der Waals surface area contributed by atoms with E-state index in [9.17, 15) is 9.90 Å². The largest absolute Gasteiger partial charge is 0.856 e. The number of nitrogens with one attached hydrogen (secondary N) is 1. The van der Waals surface area contributed by atoms with Gasteiger partial charge >= 0.3 is 0 Å². The lowest BCUT2D eigenvalue weighted by Crippen LogP contribution is -2.47. The first-order valence-corrected chi connectivity index (χ1v) is 9.07. The van der Waals surface area contributed by atoms with Gasteiger partial charge in [0.25, 0.3) is 5.91 Å². The monoisotopic (exact) mass is 369 g/mol. The molecule has 5 nitrogen and oxygen atoms in total. The zero-order valence-corrected chi connectivity index (χ0v) is 15.1. The predicted molar refractivity (Wildman–Crippen MR) is 106 cm³/mol. The van der Waals surface area contributed by atoms with E-state index in [2.05, 4.69) is 10.4 Å². The van der Waals surface area contributed by atoms with E-state index in [0.29, 0.717) is 5.56 Å². The highest BCUT2D eigenvalue weighted by atomic mass is 16.3. The molecule has 138 valence electrons. The molecule has 1 aliphatic rings. The van der Waals surface area contributed by atoms with Crippen LogP contribution in [0.5, 0.6) is 0 Å². The van der Waals surface area contributed by atoms with Crippen molar-refractivity contribution >= 4 is 18.0 Å². The molecule has 1 heterocycles. The van der Waals surface area contributed by atoms with Crippen LogP contribution in [0.2, 0.25) is 0 Å². The molecular formula is C23H19N3O2. The summed E-state index contributed by atoms with van der Waals surface area (Å²) in [5.41, 5.74) is 2.34. The van der Waals surface area contributed by atoms with Gasteiger partial charge in [0.05, 0.1) is 5.90 Å². The highest BCUT2D eigenvalue weighted by Gasteiger charge is 2.41. The summed E-state index contributed by atoms with van der Waals surface area (Å²) in [5.74, 6) is -0.665. The lowest BCUT2D eigenvalue weighted by atomic mass is 9.99. The van der Waals surface area contributed by atoms with Crippen LogP contribution in [-0.4, -0.2) is 28.7 Å².